The molecule has 1 aromatic heterocycles. The number of para-hydroxylation sites is 1. The predicted octanol–water partition coefficient (Wildman–Crippen LogP) is 3.11. The molecule has 0 unspecified atom stereocenters. The highest BCUT2D eigenvalue weighted by Gasteiger charge is 2.33. The SMILES string of the molecule is O=CC1=C(c2cccs2)Oc2ccccc2[C@H]1C[N+](=O)[O-]. The maximum absolute atomic E-state index is 11.5. The second-order valence-corrected chi connectivity index (χ2v) is 5.54. The molecule has 0 saturated carbocycles. The number of carbonyl (C=O) groups excluding carboxylic acids is 1. The standard InChI is InChI=1S/C15H11NO4S/c17-9-12-11(8-16(18)19)10-4-1-2-5-13(10)20-15(12)14-6-3-7-21-14/h1-7,9,11H,8H2/t11-/m1/s1. The van der Waals surface area contributed by atoms with Crippen LogP contribution in [0.3, 0.4) is 0 Å². The quantitative estimate of drug-likeness (QED) is 0.494. The van der Waals surface area contributed by atoms with Gasteiger partial charge in [0, 0.05) is 10.5 Å². The molecule has 1 aliphatic rings. The van der Waals surface area contributed by atoms with Crippen LogP contribution in [-0.2, 0) is 4.79 Å². The molecule has 1 atom stereocenters. The summed E-state index contributed by atoms with van der Waals surface area (Å²) in [4.78, 5) is 22.9. The fraction of sp³-hybridized carbons (Fsp3) is 0.133. The van der Waals surface area contributed by atoms with E-state index in [1.54, 1.807) is 24.3 Å². The highest BCUT2D eigenvalue weighted by atomic mass is 32.1. The van der Waals surface area contributed by atoms with Crippen molar-refractivity contribution in [3.05, 3.63) is 67.9 Å². The molecular weight excluding hydrogens is 290 g/mol. The van der Waals surface area contributed by atoms with Crippen molar-refractivity contribution in [2.24, 2.45) is 0 Å². The largest absolute Gasteiger partial charge is 0.455 e. The highest BCUT2D eigenvalue weighted by Crippen LogP contribution is 2.42. The normalized spacial score (nSPS) is 17.0. The van der Waals surface area contributed by atoms with Crippen LogP contribution >= 0.6 is 11.3 Å². The van der Waals surface area contributed by atoms with Crippen LogP contribution in [0.4, 0.5) is 0 Å². The zero-order chi connectivity index (χ0) is 14.8. The van der Waals surface area contributed by atoms with Crippen LogP contribution in [0, 0.1) is 10.1 Å². The van der Waals surface area contributed by atoms with Gasteiger partial charge in [-0.2, -0.15) is 0 Å². The van der Waals surface area contributed by atoms with Crippen molar-refractivity contribution in [1.82, 2.24) is 0 Å². The van der Waals surface area contributed by atoms with Crippen LogP contribution in [-0.4, -0.2) is 17.8 Å². The van der Waals surface area contributed by atoms with E-state index in [-0.39, 0.29) is 6.54 Å². The van der Waals surface area contributed by atoms with Gasteiger partial charge in [-0.1, -0.05) is 24.3 Å². The molecule has 0 saturated heterocycles. The Bertz CT molecular complexity index is 721. The summed E-state index contributed by atoms with van der Waals surface area (Å²) in [7, 11) is 0. The molecule has 0 fully saturated rings. The summed E-state index contributed by atoms with van der Waals surface area (Å²) < 4.78 is 5.83. The number of ether oxygens (including phenoxy) is 1. The van der Waals surface area contributed by atoms with Gasteiger partial charge in [0.2, 0.25) is 6.54 Å². The monoisotopic (exact) mass is 301 g/mol. The third-order valence-corrected chi connectivity index (χ3v) is 4.22. The molecular formula is C15H11NO4S. The van der Waals surface area contributed by atoms with Gasteiger partial charge in [-0.25, -0.2) is 0 Å². The summed E-state index contributed by atoms with van der Waals surface area (Å²) >= 11 is 1.43. The van der Waals surface area contributed by atoms with E-state index in [0.29, 0.717) is 28.9 Å². The molecule has 6 heteroatoms. The summed E-state index contributed by atoms with van der Waals surface area (Å²) in [6.07, 6.45) is 0.666. The molecule has 21 heavy (non-hydrogen) atoms. The van der Waals surface area contributed by atoms with Gasteiger partial charge in [0.05, 0.1) is 16.4 Å². The first kappa shape index (κ1) is 13.5. The van der Waals surface area contributed by atoms with Crippen molar-refractivity contribution in [2.75, 3.05) is 6.54 Å². The van der Waals surface area contributed by atoms with E-state index in [2.05, 4.69) is 0 Å². The number of rotatable bonds is 4. The molecule has 0 aliphatic carbocycles. The zero-order valence-electron chi connectivity index (χ0n) is 10.9. The summed E-state index contributed by atoms with van der Waals surface area (Å²) in [5.41, 5.74) is 1.00. The van der Waals surface area contributed by atoms with Gasteiger partial charge in [0.1, 0.15) is 5.75 Å². The lowest BCUT2D eigenvalue weighted by Crippen LogP contribution is -2.22. The van der Waals surface area contributed by atoms with E-state index in [1.807, 2.05) is 17.5 Å². The van der Waals surface area contributed by atoms with Crippen LogP contribution in [0.25, 0.3) is 5.76 Å². The number of fused-ring (bicyclic) bond motifs is 1. The second-order valence-electron chi connectivity index (χ2n) is 4.59. The van der Waals surface area contributed by atoms with Gasteiger partial charge in [0.25, 0.3) is 0 Å². The minimum absolute atomic E-state index is 0.327. The molecule has 0 bridgehead atoms. The van der Waals surface area contributed by atoms with Crippen LogP contribution in [0.5, 0.6) is 5.75 Å². The van der Waals surface area contributed by atoms with Gasteiger partial charge in [-0.05, 0) is 17.5 Å². The van der Waals surface area contributed by atoms with E-state index in [0.717, 1.165) is 4.88 Å². The van der Waals surface area contributed by atoms with Crippen LogP contribution in [0.2, 0.25) is 0 Å². The fourth-order valence-electron chi connectivity index (χ4n) is 2.44. The van der Waals surface area contributed by atoms with Crippen molar-refractivity contribution in [3.8, 4) is 5.75 Å². The first-order valence-electron chi connectivity index (χ1n) is 6.32. The van der Waals surface area contributed by atoms with Crippen molar-refractivity contribution >= 4 is 23.4 Å². The van der Waals surface area contributed by atoms with Gasteiger partial charge in [0.15, 0.2) is 12.0 Å². The van der Waals surface area contributed by atoms with Crippen molar-refractivity contribution in [3.63, 3.8) is 0 Å². The zero-order valence-corrected chi connectivity index (χ0v) is 11.7. The van der Waals surface area contributed by atoms with E-state index < -0.39 is 10.8 Å². The number of carbonyl (C=O) groups is 1. The summed E-state index contributed by atoms with van der Waals surface area (Å²) in [5, 5.41) is 12.8. The first-order valence-corrected chi connectivity index (χ1v) is 7.20. The first-order chi connectivity index (χ1) is 10.2. The Balaban J connectivity index is 2.16. The summed E-state index contributed by atoms with van der Waals surface area (Å²) in [6.45, 7) is -0.330. The van der Waals surface area contributed by atoms with Gasteiger partial charge < -0.3 is 4.74 Å². The minimum Gasteiger partial charge on any atom is -0.455 e. The number of aldehydes is 1. The lowest BCUT2D eigenvalue weighted by Gasteiger charge is -2.25. The average molecular weight is 301 g/mol. The Morgan fingerprint density at radius 2 is 2.10 bits per heavy atom. The van der Waals surface area contributed by atoms with Gasteiger partial charge >= 0.3 is 0 Å². The fourth-order valence-corrected chi connectivity index (χ4v) is 3.17. The van der Waals surface area contributed by atoms with E-state index in [9.17, 15) is 14.9 Å². The average Bonchev–Trinajstić information content (AvgIpc) is 3.00. The number of hydrogen-bond donors (Lipinski definition) is 0. The smallest absolute Gasteiger partial charge is 0.215 e. The Labute approximate surface area is 124 Å². The van der Waals surface area contributed by atoms with E-state index >= 15 is 0 Å². The lowest BCUT2D eigenvalue weighted by atomic mass is 9.88. The molecule has 0 spiro atoms. The predicted molar refractivity (Wildman–Crippen MR) is 79.0 cm³/mol. The molecule has 0 radical (unpaired) electrons. The molecule has 106 valence electrons. The Kier molecular flexibility index (Phi) is 3.53. The van der Waals surface area contributed by atoms with Crippen molar-refractivity contribution < 1.29 is 14.5 Å². The van der Waals surface area contributed by atoms with Crippen LogP contribution in [0.1, 0.15) is 16.4 Å². The van der Waals surface area contributed by atoms with Gasteiger partial charge in [-0.3, -0.25) is 14.9 Å². The highest BCUT2D eigenvalue weighted by molar-refractivity contribution is 7.11. The molecule has 3 rings (SSSR count). The maximum atomic E-state index is 11.5. The number of nitrogens with zero attached hydrogens (tertiary/aromatic N) is 1. The molecule has 0 N–H and O–H groups in total. The second kappa shape index (κ2) is 5.49. The molecule has 0 amide bonds. The number of thiophene rings is 1. The number of hydrogen-bond acceptors (Lipinski definition) is 5. The Hall–Kier alpha value is -2.47. The molecule has 2 aromatic rings. The molecule has 1 aliphatic heterocycles. The Morgan fingerprint density at radius 1 is 1.29 bits per heavy atom. The van der Waals surface area contributed by atoms with Crippen molar-refractivity contribution in [1.29, 1.82) is 0 Å². The Morgan fingerprint density at radius 3 is 2.76 bits per heavy atom. The molecule has 1 aromatic carbocycles. The summed E-state index contributed by atoms with van der Waals surface area (Å²) in [5.74, 6) is 0.406. The van der Waals surface area contributed by atoms with Crippen LogP contribution in [0.15, 0.2) is 47.4 Å². The van der Waals surface area contributed by atoms with Crippen LogP contribution < -0.4 is 4.74 Å². The van der Waals surface area contributed by atoms with Gasteiger partial charge in [-0.15, -0.1) is 11.3 Å². The minimum atomic E-state index is -0.584. The molecule has 2 heterocycles. The maximum Gasteiger partial charge on any atom is 0.215 e. The van der Waals surface area contributed by atoms with E-state index in [1.165, 1.54) is 11.3 Å². The van der Waals surface area contributed by atoms with Crippen molar-refractivity contribution in [2.45, 2.75) is 5.92 Å². The third-order valence-electron chi connectivity index (χ3n) is 3.35. The lowest BCUT2D eigenvalue weighted by molar-refractivity contribution is -0.481. The topological polar surface area (TPSA) is 69.4 Å². The third kappa shape index (κ3) is 2.45. The van der Waals surface area contributed by atoms with E-state index in [4.69, 9.17) is 4.74 Å². The number of nitro groups is 1. The number of benzene rings is 1. The summed E-state index contributed by atoms with van der Waals surface area (Å²) in [6, 6.07) is 10.8. The molecule has 5 nitrogen and oxygen atoms in total.